The number of nitrogens with zero attached hydrogens (tertiary/aromatic N) is 1. The van der Waals surface area contributed by atoms with Gasteiger partial charge in [-0.05, 0) is 61.0 Å². The van der Waals surface area contributed by atoms with Crippen LogP contribution >= 0.6 is 46.4 Å². The number of hydrogen-bond donors (Lipinski definition) is 1. The van der Waals surface area contributed by atoms with Crippen molar-refractivity contribution in [1.82, 2.24) is 5.32 Å². The fourth-order valence-electron chi connectivity index (χ4n) is 3.48. The average Bonchev–Trinajstić information content (AvgIpc) is 2.84. The first-order chi connectivity index (χ1) is 17.7. The first-order valence-electron chi connectivity index (χ1n) is 10.9. The Balaban J connectivity index is 1.62. The summed E-state index contributed by atoms with van der Waals surface area (Å²) in [4.78, 5) is 39.0. The molecule has 0 unspecified atom stereocenters. The molecule has 0 radical (unpaired) electrons. The summed E-state index contributed by atoms with van der Waals surface area (Å²) in [6, 6.07) is 13.4. The van der Waals surface area contributed by atoms with Crippen molar-refractivity contribution in [3.8, 4) is 11.5 Å². The van der Waals surface area contributed by atoms with Gasteiger partial charge in [0.25, 0.3) is 11.8 Å². The average molecular weight is 580 g/mol. The van der Waals surface area contributed by atoms with Crippen molar-refractivity contribution < 1.29 is 23.9 Å². The highest BCUT2D eigenvalue weighted by Crippen LogP contribution is 2.33. The second-order valence-electron chi connectivity index (χ2n) is 7.72. The van der Waals surface area contributed by atoms with Crippen molar-refractivity contribution in [2.75, 3.05) is 11.5 Å². The number of urea groups is 1. The zero-order chi connectivity index (χ0) is 26.7. The number of nitrogens with one attached hydrogen (secondary N) is 1. The second kappa shape index (κ2) is 11.4. The molecular weight excluding hydrogens is 562 g/mol. The Kier molecular flexibility index (Phi) is 8.29. The molecule has 0 aliphatic carbocycles. The number of halogens is 4. The van der Waals surface area contributed by atoms with E-state index in [1.54, 1.807) is 36.4 Å². The summed E-state index contributed by atoms with van der Waals surface area (Å²) >= 11 is 24.2. The first-order valence-corrected chi connectivity index (χ1v) is 12.4. The largest absolute Gasteiger partial charge is 0.490 e. The molecule has 3 aromatic carbocycles. The molecule has 0 spiro atoms. The second-order valence-corrected chi connectivity index (χ2v) is 9.38. The van der Waals surface area contributed by atoms with E-state index in [1.807, 2.05) is 6.92 Å². The first kappa shape index (κ1) is 26.8. The van der Waals surface area contributed by atoms with E-state index in [1.165, 1.54) is 24.3 Å². The number of carbonyl (C=O) groups is 3. The molecule has 0 atom stereocenters. The third-order valence-electron chi connectivity index (χ3n) is 5.24. The molecule has 3 aromatic rings. The van der Waals surface area contributed by atoms with Crippen LogP contribution in [0.5, 0.6) is 11.5 Å². The molecule has 0 aromatic heterocycles. The standard InChI is InChI=1S/C26H18Cl4N2O5/c1-2-36-23-10-14(3-8-22(23)37-13-15-4-5-16(27)11-20(15)29)9-18-24(33)31-26(35)32(25(18)34)17-6-7-19(28)21(30)12-17/h3-12H,2,13H2,1H3,(H,31,33,35)/b18-9+. The maximum Gasteiger partial charge on any atom is 0.335 e. The van der Waals surface area contributed by atoms with E-state index >= 15 is 0 Å². The number of hydrogen-bond acceptors (Lipinski definition) is 5. The molecule has 1 aliphatic heterocycles. The molecule has 0 saturated carbocycles. The molecule has 1 aliphatic rings. The van der Waals surface area contributed by atoms with Gasteiger partial charge in [0.15, 0.2) is 11.5 Å². The Morgan fingerprint density at radius 1 is 0.838 bits per heavy atom. The molecule has 0 bridgehead atoms. The van der Waals surface area contributed by atoms with Gasteiger partial charge in [0.1, 0.15) is 12.2 Å². The maximum atomic E-state index is 13.2. The lowest BCUT2D eigenvalue weighted by Crippen LogP contribution is -2.54. The van der Waals surface area contributed by atoms with Gasteiger partial charge in [-0.3, -0.25) is 14.9 Å². The smallest absolute Gasteiger partial charge is 0.335 e. The Bertz CT molecular complexity index is 1440. The fourth-order valence-corrected chi connectivity index (χ4v) is 4.23. The van der Waals surface area contributed by atoms with Gasteiger partial charge in [-0.1, -0.05) is 58.5 Å². The lowest BCUT2D eigenvalue weighted by molar-refractivity contribution is -0.122. The van der Waals surface area contributed by atoms with E-state index < -0.39 is 17.8 Å². The molecule has 37 heavy (non-hydrogen) atoms. The van der Waals surface area contributed by atoms with E-state index in [0.29, 0.717) is 33.7 Å². The van der Waals surface area contributed by atoms with Crippen molar-refractivity contribution in [2.45, 2.75) is 13.5 Å². The number of barbiturate groups is 1. The topological polar surface area (TPSA) is 84.9 Å². The van der Waals surface area contributed by atoms with Crippen molar-refractivity contribution in [3.05, 3.63) is 91.4 Å². The SMILES string of the molecule is CCOc1cc(/C=C2\C(=O)NC(=O)N(c3ccc(Cl)c(Cl)c3)C2=O)ccc1OCc1ccc(Cl)cc1Cl. The quantitative estimate of drug-likeness (QED) is 0.242. The summed E-state index contributed by atoms with van der Waals surface area (Å²) in [6.45, 7) is 2.32. The Hall–Kier alpha value is -3.23. The highest BCUT2D eigenvalue weighted by molar-refractivity contribution is 6.43. The van der Waals surface area contributed by atoms with Crippen LogP contribution in [0.1, 0.15) is 18.1 Å². The van der Waals surface area contributed by atoms with Crippen LogP contribution in [0.4, 0.5) is 10.5 Å². The van der Waals surface area contributed by atoms with Gasteiger partial charge >= 0.3 is 6.03 Å². The summed E-state index contributed by atoms with van der Waals surface area (Å²) < 4.78 is 11.6. The van der Waals surface area contributed by atoms with Crippen LogP contribution in [-0.4, -0.2) is 24.5 Å². The third kappa shape index (κ3) is 6.02. The molecular formula is C26H18Cl4N2O5. The normalized spacial score (nSPS) is 14.7. The minimum absolute atomic E-state index is 0.152. The molecule has 11 heteroatoms. The lowest BCUT2D eigenvalue weighted by Gasteiger charge is -2.26. The van der Waals surface area contributed by atoms with Gasteiger partial charge in [0.05, 0.1) is 22.3 Å². The number of benzene rings is 3. The molecule has 4 amide bonds. The van der Waals surface area contributed by atoms with Crippen molar-refractivity contribution in [2.24, 2.45) is 0 Å². The van der Waals surface area contributed by atoms with Gasteiger partial charge in [0.2, 0.25) is 0 Å². The summed E-state index contributed by atoms with van der Waals surface area (Å²) in [5, 5.41) is 3.56. The lowest BCUT2D eigenvalue weighted by atomic mass is 10.1. The zero-order valence-electron chi connectivity index (χ0n) is 19.2. The third-order valence-corrected chi connectivity index (χ3v) is 6.57. The molecule has 1 fully saturated rings. The van der Waals surface area contributed by atoms with Crippen LogP contribution in [0.15, 0.2) is 60.2 Å². The van der Waals surface area contributed by atoms with Crippen LogP contribution in [0.3, 0.4) is 0 Å². The predicted molar refractivity (Wildman–Crippen MR) is 144 cm³/mol. The van der Waals surface area contributed by atoms with Gasteiger partial charge < -0.3 is 9.47 Å². The highest BCUT2D eigenvalue weighted by Gasteiger charge is 2.37. The van der Waals surface area contributed by atoms with Crippen molar-refractivity contribution >= 4 is 76.0 Å². The van der Waals surface area contributed by atoms with Crippen LogP contribution in [-0.2, 0) is 16.2 Å². The van der Waals surface area contributed by atoms with Crippen LogP contribution in [0, 0.1) is 0 Å². The van der Waals surface area contributed by atoms with Crippen LogP contribution < -0.4 is 19.7 Å². The molecule has 1 heterocycles. The minimum Gasteiger partial charge on any atom is -0.490 e. The number of imide groups is 2. The van der Waals surface area contributed by atoms with E-state index in [-0.39, 0.29) is 27.9 Å². The molecule has 190 valence electrons. The van der Waals surface area contributed by atoms with E-state index in [0.717, 1.165) is 10.5 Å². The number of amides is 4. The van der Waals surface area contributed by atoms with Crippen molar-refractivity contribution in [3.63, 3.8) is 0 Å². The maximum absolute atomic E-state index is 13.2. The van der Waals surface area contributed by atoms with E-state index in [4.69, 9.17) is 55.9 Å². The molecule has 1 saturated heterocycles. The number of rotatable bonds is 7. The van der Waals surface area contributed by atoms with Gasteiger partial charge in [0, 0.05) is 15.6 Å². The molecule has 4 rings (SSSR count). The van der Waals surface area contributed by atoms with Gasteiger partial charge in [-0.2, -0.15) is 0 Å². The fraction of sp³-hybridized carbons (Fsp3) is 0.115. The monoisotopic (exact) mass is 578 g/mol. The van der Waals surface area contributed by atoms with Gasteiger partial charge in [-0.15, -0.1) is 0 Å². The van der Waals surface area contributed by atoms with Crippen LogP contribution in [0.25, 0.3) is 6.08 Å². The number of anilines is 1. The summed E-state index contributed by atoms with van der Waals surface area (Å²) in [6.07, 6.45) is 1.36. The number of carbonyl (C=O) groups excluding carboxylic acids is 3. The Morgan fingerprint density at radius 2 is 1.62 bits per heavy atom. The highest BCUT2D eigenvalue weighted by atomic mass is 35.5. The predicted octanol–water partition coefficient (Wildman–Crippen LogP) is 6.94. The zero-order valence-corrected chi connectivity index (χ0v) is 22.2. The van der Waals surface area contributed by atoms with Gasteiger partial charge in [-0.25, -0.2) is 9.69 Å². The Labute approximate surface area is 232 Å². The van der Waals surface area contributed by atoms with E-state index in [9.17, 15) is 14.4 Å². The molecule has 7 nitrogen and oxygen atoms in total. The minimum atomic E-state index is -0.898. The van der Waals surface area contributed by atoms with E-state index in [2.05, 4.69) is 5.32 Å². The summed E-state index contributed by atoms with van der Waals surface area (Å²) in [5.74, 6) is -0.824. The summed E-state index contributed by atoms with van der Waals surface area (Å²) in [7, 11) is 0. The molecule has 1 N–H and O–H groups in total. The Morgan fingerprint density at radius 3 is 2.32 bits per heavy atom. The summed E-state index contributed by atoms with van der Waals surface area (Å²) in [5.41, 5.74) is 1.11. The number of ether oxygens (including phenoxy) is 2. The van der Waals surface area contributed by atoms with Crippen LogP contribution in [0.2, 0.25) is 20.1 Å². The van der Waals surface area contributed by atoms with Crippen molar-refractivity contribution in [1.29, 1.82) is 0 Å².